The van der Waals surface area contributed by atoms with E-state index in [0.29, 0.717) is 5.88 Å². The van der Waals surface area contributed by atoms with E-state index in [1.165, 1.54) is 4.90 Å². The van der Waals surface area contributed by atoms with Crippen LogP contribution >= 0.6 is 39.3 Å². The first-order valence-corrected chi connectivity index (χ1v) is 5.71. The Hall–Kier alpha value is 0.340. The fraction of sp³-hybridized carbons (Fsp3) is 0.250. The lowest BCUT2D eigenvalue weighted by molar-refractivity contribution is 1.31. The van der Waals surface area contributed by atoms with E-state index in [9.17, 15) is 0 Å². The molecule has 1 aromatic carbocycles. The molecule has 0 fully saturated rings. The second kappa shape index (κ2) is 4.39. The molecule has 0 unspecified atom stereocenters. The molecule has 0 saturated heterocycles. The van der Waals surface area contributed by atoms with Gasteiger partial charge in [-0.3, -0.25) is 0 Å². The van der Waals surface area contributed by atoms with Crippen molar-refractivity contribution in [3.05, 3.63) is 28.2 Å². The summed E-state index contributed by atoms with van der Waals surface area (Å²) in [5.41, 5.74) is 1.14. The fourth-order valence-corrected chi connectivity index (χ4v) is 2.27. The van der Waals surface area contributed by atoms with Gasteiger partial charge in [-0.25, -0.2) is 0 Å². The lowest BCUT2D eigenvalue weighted by Crippen LogP contribution is -1.80. The molecule has 0 aliphatic carbocycles. The highest BCUT2D eigenvalue weighted by Crippen LogP contribution is 2.24. The molecule has 0 aromatic heterocycles. The number of alkyl halides is 1. The summed E-state index contributed by atoms with van der Waals surface area (Å²) in [6.07, 6.45) is 2.06. The van der Waals surface area contributed by atoms with Crippen LogP contribution in [0.25, 0.3) is 0 Å². The van der Waals surface area contributed by atoms with E-state index in [1.807, 2.05) is 6.07 Å². The van der Waals surface area contributed by atoms with Crippen LogP contribution in [0.15, 0.2) is 27.6 Å². The van der Waals surface area contributed by atoms with Crippen LogP contribution in [0.3, 0.4) is 0 Å². The van der Waals surface area contributed by atoms with Crippen molar-refractivity contribution in [2.24, 2.45) is 0 Å². The van der Waals surface area contributed by atoms with E-state index in [1.54, 1.807) is 11.8 Å². The average molecular weight is 252 g/mol. The van der Waals surface area contributed by atoms with Crippen molar-refractivity contribution in [2.75, 3.05) is 6.26 Å². The van der Waals surface area contributed by atoms with Crippen molar-refractivity contribution in [3.8, 4) is 0 Å². The molecule has 11 heavy (non-hydrogen) atoms. The van der Waals surface area contributed by atoms with Crippen molar-refractivity contribution >= 4 is 39.3 Å². The van der Waals surface area contributed by atoms with E-state index in [4.69, 9.17) is 11.6 Å². The fourth-order valence-electron chi connectivity index (χ4n) is 0.763. The lowest BCUT2D eigenvalue weighted by atomic mass is 10.2. The molecule has 0 radical (unpaired) electrons. The van der Waals surface area contributed by atoms with Gasteiger partial charge in [0.25, 0.3) is 0 Å². The SMILES string of the molecule is CSc1ccc(CCl)c(Br)c1. The first kappa shape index (κ1) is 9.43. The molecule has 0 bridgehead atoms. The maximum Gasteiger partial charge on any atom is 0.0485 e. The number of benzene rings is 1. The van der Waals surface area contributed by atoms with Crippen molar-refractivity contribution in [3.63, 3.8) is 0 Å². The number of thioether (sulfide) groups is 1. The molecule has 0 nitrogen and oxygen atoms in total. The number of halogens is 2. The van der Waals surface area contributed by atoms with Crippen LogP contribution in [0.2, 0.25) is 0 Å². The van der Waals surface area contributed by atoms with Gasteiger partial charge in [0, 0.05) is 15.2 Å². The van der Waals surface area contributed by atoms with Gasteiger partial charge in [-0.1, -0.05) is 22.0 Å². The first-order valence-electron chi connectivity index (χ1n) is 3.16. The minimum Gasteiger partial charge on any atom is -0.130 e. The van der Waals surface area contributed by atoms with Crippen molar-refractivity contribution in [2.45, 2.75) is 10.8 Å². The summed E-state index contributed by atoms with van der Waals surface area (Å²) in [5.74, 6) is 0.565. The Balaban J connectivity index is 2.99. The minimum atomic E-state index is 0.565. The van der Waals surface area contributed by atoms with Crippen LogP contribution in [0.4, 0.5) is 0 Å². The summed E-state index contributed by atoms with van der Waals surface area (Å²) in [6, 6.07) is 6.21. The van der Waals surface area contributed by atoms with E-state index < -0.39 is 0 Å². The summed E-state index contributed by atoms with van der Waals surface area (Å²) >= 11 is 10.9. The highest BCUT2D eigenvalue weighted by molar-refractivity contribution is 9.10. The zero-order valence-electron chi connectivity index (χ0n) is 6.10. The van der Waals surface area contributed by atoms with Crippen LogP contribution < -0.4 is 0 Å². The molecule has 0 heterocycles. The first-order chi connectivity index (χ1) is 5.27. The molecular formula is C8H8BrClS. The number of rotatable bonds is 2. The molecule has 1 aromatic rings. The average Bonchev–Trinajstić information content (AvgIpc) is 2.04. The summed E-state index contributed by atoms with van der Waals surface area (Å²) in [5, 5.41) is 0. The zero-order valence-corrected chi connectivity index (χ0v) is 9.26. The Kier molecular flexibility index (Phi) is 3.76. The highest BCUT2D eigenvalue weighted by atomic mass is 79.9. The van der Waals surface area contributed by atoms with Gasteiger partial charge in [-0.2, -0.15) is 0 Å². The molecule has 0 amide bonds. The summed E-state index contributed by atoms with van der Waals surface area (Å²) in [4.78, 5) is 1.26. The smallest absolute Gasteiger partial charge is 0.0485 e. The van der Waals surface area contributed by atoms with Gasteiger partial charge in [-0.05, 0) is 24.0 Å². The van der Waals surface area contributed by atoms with Gasteiger partial charge >= 0.3 is 0 Å². The summed E-state index contributed by atoms with van der Waals surface area (Å²) in [7, 11) is 0. The Morgan fingerprint density at radius 3 is 2.73 bits per heavy atom. The highest BCUT2D eigenvalue weighted by Gasteiger charge is 1.98. The summed E-state index contributed by atoms with van der Waals surface area (Å²) in [6.45, 7) is 0. The Morgan fingerprint density at radius 2 is 2.27 bits per heavy atom. The standard InChI is InChI=1S/C8H8BrClS/c1-11-7-3-2-6(5-10)8(9)4-7/h2-4H,5H2,1H3. The van der Waals surface area contributed by atoms with Gasteiger partial charge in [0.05, 0.1) is 0 Å². The predicted octanol–water partition coefficient (Wildman–Crippen LogP) is 3.91. The molecule has 0 spiro atoms. The molecular weight excluding hydrogens is 244 g/mol. The van der Waals surface area contributed by atoms with Crippen LogP contribution in [-0.4, -0.2) is 6.26 Å². The number of hydrogen-bond acceptors (Lipinski definition) is 1. The van der Waals surface area contributed by atoms with E-state index in [-0.39, 0.29) is 0 Å². The molecule has 0 aliphatic rings. The largest absolute Gasteiger partial charge is 0.130 e. The Bertz CT molecular complexity index is 250. The normalized spacial score (nSPS) is 10.1. The van der Waals surface area contributed by atoms with Crippen LogP contribution in [0.5, 0.6) is 0 Å². The molecule has 0 atom stereocenters. The predicted molar refractivity (Wildman–Crippen MR) is 55.5 cm³/mol. The van der Waals surface area contributed by atoms with Gasteiger partial charge in [0.1, 0.15) is 0 Å². The third kappa shape index (κ3) is 2.39. The van der Waals surface area contributed by atoms with Crippen molar-refractivity contribution in [1.29, 1.82) is 0 Å². The van der Waals surface area contributed by atoms with Crippen molar-refractivity contribution < 1.29 is 0 Å². The summed E-state index contributed by atoms with van der Waals surface area (Å²) < 4.78 is 1.10. The maximum atomic E-state index is 5.69. The molecule has 0 saturated carbocycles. The van der Waals surface area contributed by atoms with Gasteiger partial charge in [-0.15, -0.1) is 23.4 Å². The van der Waals surface area contributed by atoms with Gasteiger partial charge in [0.15, 0.2) is 0 Å². The lowest BCUT2D eigenvalue weighted by Gasteiger charge is -2.01. The van der Waals surface area contributed by atoms with Crippen molar-refractivity contribution in [1.82, 2.24) is 0 Å². The van der Waals surface area contributed by atoms with Gasteiger partial charge in [0.2, 0.25) is 0 Å². The zero-order chi connectivity index (χ0) is 8.27. The molecule has 3 heteroatoms. The third-order valence-electron chi connectivity index (χ3n) is 1.40. The topological polar surface area (TPSA) is 0 Å². The van der Waals surface area contributed by atoms with Crippen LogP contribution in [0.1, 0.15) is 5.56 Å². The van der Waals surface area contributed by atoms with Crippen LogP contribution in [-0.2, 0) is 5.88 Å². The van der Waals surface area contributed by atoms with E-state index in [0.717, 1.165) is 10.0 Å². The van der Waals surface area contributed by atoms with Gasteiger partial charge < -0.3 is 0 Å². The maximum absolute atomic E-state index is 5.69. The van der Waals surface area contributed by atoms with E-state index in [2.05, 4.69) is 34.3 Å². The van der Waals surface area contributed by atoms with E-state index >= 15 is 0 Å². The third-order valence-corrected chi connectivity index (χ3v) is 3.16. The Labute approximate surface area is 84.5 Å². The second-order valence-electron chi connectivity index (χ2n) is 2.09. The number of hydrogen-bond donors (Lipinski definition) is 0. The molecule has 0 aliphatic heterocycles. The minimum absolute atomic E-state index is 0.565. The molecule has 0 N–H and O–H groups in total. The second-order valence-corrected chi connectivity index (χ2v) is 4.09. The molecule has 1 rings (SSSR count). The Morgan fingerprint density at radius 1 is 1.55 bits per heavy atom. The monoisotopic (exact) mass is 250 g/mol. The quantitative estimate of drug-likeness (QED) is 0.567. The van der Waals surface area contributed by atoms with Crippen LogP contribution in [0, 0.1) is 0 Å². The molecule has 60 valence electrons.